The van der Waals surface area contributed by atoms with Gasteiger partial charge in [0, 0.05) is 5.69 Å². The van der Waals surface area contributed by atoms with Crippen molar-refractivity contribution in [1.82, 2.24) is 0 Å². The summed E-state index contributed by atoms with van der Waals surface area (Å²) < 4.78 is 4.62. The first kappa shape index (κ1) is 13.1. The molecular formula is C16H11NO4. The molecule has 1 aliphatic heterocycles. The van der Waals surface area contributed by atoms with Crippen LogP contribution in [0.15, 0.2) is 48.5 Å². The molecule has 21 heavy (non-hydrogen) atoms. The molecule has 0 bridgehead atoms. The zero-order valence-corrected chi connectivity index (χ0v) is 11.2. The van der Waals surface area contributed by atoms with E-state index in [1.807, 2.05) is 0 Å². The van der Waals surface area contributed by atoms with Gasteiger partial charge < -0.3 is 4.74 Å². The van der Waals surface area contributed by atoms with E-state index in [0.29, 0.717) is 22.5 Å². The van der Waals surface area contributed by atoms with E-state index >= 15 is 0 Å². The number of rotatable bonds is 2. The number of ketones is 1. The van der Waals surface area contributed by atoms with Crippen LogP contribution >= 0.6 is 0 Å². The maximum absolute atomic E-state index is 12.1. The highest BCUT2D eigenvalue weighted by atomic mass is 16.5. The summed E-state index contributed by atoms with van der Waals surface area (Å²) in [4.78, 5) is 36.8. The Bertz CT molecular complexity index is 749. The van der Waals surface area contributed by atoms with E-state index in [1.165, 1.54) is 12.0 Å². The molecule has 5 nitrogen and oxygen atoms in total. The van der Waals surface area contributed by atoms with E-state index in [0.717, 1.165) is 0 Å². The number of carbonyl (C=O) groups is 3. The highest BCUT2D eigenvalue weighted by molar-refractivity contribution is 6.53. The lowest BCUT2D eigenvalue weighted by Crippen LogP contribution is -2.24. The number of methoxy groups -OCH3 is 1. The lowest BCUT2D eigenvalue weighted by molar-refractivity contribution is -0.113. The van der Waals surface area contributed by atoms with Crippen LogP contribution in [0, 0.1) is 0 Å². The van der Waals surface area contributed by atoms with E-state index in [2.05, 4.69) is 4.74 Å². The van der Waals surface area contributed by atoms with Crippen molar-refractivity contribution in [2.75, 3.05) is 12.0 Å². The first-order valence-electron chi connectivity index (χ1n) is 6.29. The zero-order chi connectivity index (χ0) is 15.0. The van der Waals surface area contributed by atoms with Crippen LogP contribution in [-0.4, -0.2) is 24.8 Å². The van der Waals surface area contributed by atoms with E-state index in [-0.39, 0.29) is 0 Å². The van der Waals surface area contributed by atoms with Gasteiger partial charge in [0.25, 0.3) is 5.78 Å². The number of fused-ring (bicyclic) bond motifs is 1. The molecule has 0 unspecified atom stereocenters. The van der Waals surface area contributed by atoms with E-state index < -0.39 is 17.7 Å². The van der Waals surface area contributed by atoms with Gasteiger partial charge >= 0.3 is 11.9 Å². The molecule has 0 saturated carbocycles. The predicted molar refractivity (Wildman–Crippen MR) is 75.7 cm³/mol. The smallest absolute Gasteiger partial charge is 0.337 e. The van der Waals surface area contributed by atoms with Crippen LogP contribution in [0.2, 0.25) is 0 Å². The number of Topliss-reactive ketones (excluding diaryl/α,β-unsaturated/α-hetero) is 1. The highest BCUT2D eigenvalue weighted by Crippen LogP contribution is 2.35. The molecule has 2 aromatic rings. The SMILES string of the molecule is COC(=O)c1ccc(N2C(=O)C(=O)c3ccccc32)cc1. The minimum atomic E-state index is -0.595. The van der Waals surface area contributed by atoms with E-state index in [9.17, 15) is 14.4 Å². The number of ether oxygens (including phenoxy) is 1. The lowest BCUT2D eigenvalue weighted by atomic mass is 10.1. The number of para-hydroxylation sites is 1. The maximum Gasteiger partial charge on any atom is 0.337 e. The van der Waals surface area contributed by atoms with Crippen LogP contribution in [0.1, 0.15) is 20.7 Å². The van der Waals surface area contributed by atoms with Crippen molar-refractivity contribution < 1.29 is 19.1 Å². The molecule has 0 spiro atoms. The topological polar surface area (TPSA) is 63.7 Å². The van der Waals surface area contributed by atoms with Gasteiger partial charge in [0.05, 0.1) is 23.9 Å². The third-order valence-electron chi connectivity index (χ3n) is 3.33. The summed E-state index contributed by atoms with van der Waals surface area (Å²) in [6.45, 7) is 0. The van der Waals surface area contributed by atoms with Gasteiger partial charge in [-0.1, -0.05) is 12.1 Å². The van der Waals surface area contributed by atoms with Crippen molar-refractivity contribution in [1.29, 1.82) is 0 Å². The molecule has 0 atom stereocenters. The van der Waals surface area contributed by atoms with Crippen molar-refractivity contribution >= 4 is 29.0 Å². The van der Waals surface area contributed by atoms with Gasteiger partial charge in [-0.05, 0) is 36.4 Å². The summed E-state index contributed by atoms with van der Waals surface area (Å²) in [5.74, 6) is -1.57. The standard InChI is InChI=1S/C16H11NO4/c1-21-16(20)10-6-8-11(9-7-10)17-13-5-3-2-4-12(13)14(18)15(17)19/h2-9H,1H3. The first-order chi connectivity index (χ1) is 10.1. The molecule has 5 heteroatoms. The summed E-state index contributed by atoms with van der Waals surface area (Å²) in [7, 11) is 1.30. The van der Waals surface area contributed by atoms with Crippen molar-refractivity contribution in [2.24, 2.45) is 0 Å². The Hall–Kier alpha value is -2.95. The zero-order valence-electron chi connectivity index (χ0n) is 11.2. The number of hydrogen-bond donors (Lipinski definition) is 0. The van der Waals surface area contributed by atoms with Crippen molar-refractivity contribution in [3.63, 3.8) is 0 Å². The van der Waals surface area contributed by atoms with Gasteiger partial charge in [-0.15, -0.1) is 0 Å². The van der Waals surface area contributed by atoms with Gasteiger partial charge in [-0.3, -0.25) is 14.5 Å². The molecule has 0 N–H and O–H groups in total. The molecule has 104 valence electrons. The minimum absolute atomic E-state index is 0.382. The Balaban J connectivity index is 2.03. The fraction of sp³-hybridized carbons (Fsp3) is 0.0625. The van der Waals surface area contributed by atoms with Crippen LogP contribution < -0.4 is 4.90 Å². The normalized spacial score (nSPS) is 13.3. The Morgan fingerprint density at radius 1 is 1.00 bits per heavy atom. The third-order valence-corrected chi connectivity index (χ3v) is 3.33. The lowest BCUT2D eigenvalue weighted by Gasteiger charge is -2.16. The van der Waals surface area contributed by atoms with Crippen LogP contribution in [0.5, 0.6) is 0 Å². The Kier molecular flexibility index (Phi) is 3.02. The number of hydrogen-bond acceptors (Lipinski definition) is 4. The van der Waals surface area contributed by atoms with Gasteiger partial charge in [0.2, 0.25) is 0 Å². The Labute approximate surface area is 120 Å². The predicted octanol–water partition coefficient (Wildman–Crippen LogP) is 2.33. The number of anilines is 2. The Morgan fingerprint density at radius 2 is 1.67 bits per heavy atom. The first-order valence-corrected chi connectivity index (χ1v) is 6.29. The second-order valence-electron chi connectivity index (χ2n) is 4.53. The fourth-order valence-corrected chi connectivity index (χ4v) is 2.31. The van der Waals surface area contributed by atoms with E-state index in [4.69, 9.17) is 0 Å². The molecule has 1 heterocycles. The summed E-state index contributed by atoms with van der Waals surface area (Å²) in [6.07, 6.45) is 0. The number of carbonyl (C=O) groups excluding carboxylic acids is 3. The molecule has 0 aliphatic carbocycles. The molecular weight excluding hydrogens is 270 g/mol. The summed E-state index contributed by atoms with van der Waals surface area (Å²) in [6, 6.07) is 13.2. The molecule has 0 fully saturated rings. The molecule has 1 amide bonds. The minimum Gasteiger partial charge on any atom is -0.465 e. The number of esters is 1. The van der Waals surface area contributed by atoms with Crippen LogP contribution in [0.4, 0.5) is 11.4 Å². The molecule has 0 aromatic heterocycles. The third kappa shape index (κ3) is 1.99. The number of benzene rings is 2. The van der Waals surface area contributed by atoms with Gasteiger partial charge in [0.1, 0.15) is 0 Å². The average Bonchev–Trinajstić information content (AvgIpc) is 2.79. The van der Waals surface area contributed by atoms with Gasteiger partial charge in [-0.25, -0.2) is 4.79 Å². The molecule has 3 rings (SSSR count). The number of nitrogens with zero attached hydrogens (tertiary/aromatic N) is 1. The van der Waals surface area contributed by atoms with Crippen molar-refractivity contribution in [3.8, 4) is 0 Å². The maximum atomic E-state index is 12.1. The monoisotopic (exact) mass is 281 g/mol. The summed E-state index contributed by atoms with van der Waals surface area (Å²) >= 11 is 0. The van der Waals surface area contributed by atoms with Crippen LogP contribution in [0.3, 0.4) is 0 Å². The van der Waals surface area contributed by atoms with E-state index in [1.54, 1.807) is 48.5 Å². The fourth-order valence-electron chi connectivity index (χ4n) is 2.31. The molecule has 0 saturated heterocycles. The molecule has 2 aromatic carbocycles. The van der Waals surface area contributed by atoms with Crippen molar-refractivity contribution in [2.45, 2.75) is 0 Å². The summed E-state index contributed by atoms with van der Waals surface area (Å²) in [5.41, 5.74) is 1.86. The van der Waals surface area contributed by atoms with Crippen LogP contribution in [0.25, 0.3) is 0 Å². The quantitative estimate of drug-likeness (QED) is 0.626. The summed E-state index contributed by atoms with van der Waals surface area (Å²) in [5, 5.41) is 0. The molecule has 0 radical (unpaired) electrons. The Morgan fingerprint density at radius 3 is 2.33 bits per heavy atom. The number of amides is 1. The van der Waals surface area contributed by atoms with Gasteiger partial charge in [0.15, 0.2) is 0 Å². The van der Waals surface area contributed by atoms with Crippen molar-refractivity contribution in [3.05, 3.63) is 59.7 Å². The average molecular weight is 281 g/mol. The van der Waals surface area contributed by atoms with Crippen LogP contribution in [-0.2, 0) is 9.53 Å². The second kappa shape index (κ2) is 4.86. The molecule has 1 aliphatic rings. The second-order valence-corrected chi connectivity index (χ2v) is 4.53. The largest absolute Gasteiger partial charge is 0.465 e. The van der Waals surface area contributed by atoms with Gasteiger partial charge in [-0.2, -0.15) is 0 Å². The highest BCUT2D eigenvalue weighted by Gasteiger charge is 2.36.